The molecule has 0 amide bonds. The minimum Gasteiger partial charge on any atom is -0.504 e. The number of fused-ring (bicyclic) bond motifs is 2. The summed E-state index contributed by atoms with van der Waals surface area (Å²) in [7, 11) is 1.50. The van der Waals surface area contributed by atoms with Crippen LogP contribution in [0.4, 0.5) is 0 Å². The monoisotopic (exact) mass is 308 g/mol. The second kappa shape index (κ2) is 5.16. The number of aromatic hydroxyl groups is 1. The van der Waals surface area contributed by atoms with Gasteiger partial charge in [-0.15, -0.1) is 0 Å². The van der Waals surface area contributed by atoms with Gasteiger partial charge in [0.15, 0.2) is 11.5 Å². The third kappa shape index (κ3) is 2.27. The quantitative estimate of drug-likeness (QED) is 0.734. The van der Waals surface area contributed by atoms with E-state index in [1.165, 1.54) is 36.8 Å². The van der Waals surface area contributed by atoms with Gasteiger partial charge in [-0.1, -0.05) is 18.2 Å². The van der Waals surface area contributed by atoms with Gasteiger partial charge in [-0.25, -0.2) is 4.79 Å². The molecule has 0 radical (unpaired) electrons. The number of rotatable bonds is 2. The van der Waals surface area contributed by atoms with Crippen LogP contribution in [-0.2, 0) is 12.8 Å². The molecule has 1 aromatic heterocycles. The predicted molar refractivity (Wildman–Crippen MR) is 88.2 cm³/mol. The molecule has 0 spiro atoms. The normalized spacial score (nSPS) is 13.3. The van der Waals surface area contributed by atoms with E-state index < -0.39 is 5.63 Å². The lowest BCUT2D eigenvalue weighted by atomic mass is 9.98. The molecule has 0 atom stereocenters. The van der Waals surface area contributed by atoms with E-state index >= 15 is 0 Å². The van der Waals surface area contributed by atoms with Crippen LogP contribution in [-0.4, -0.2) is 12.2 Å². The highest BCUT2D eigenvalue weighted by Crippen LogP contribution is 2.36. The lowest BCUT2D eigenvalue weighted by Gasteiger charge is -2.10. The van der Waals surface area contributed by atoms with Crippen molar-refractivity contribution in [2.75, 3.05) is 7.11 Å². The Kier molecular flexibility index (Phi) is 3.11. The number of benzene rings is 2. The molecule has 0 bridgehead atoms. The molecule has 1 heterocycles. The van der Waals surface area contributed by atoms with E-state index in [0.717, 1.165) is 29.4 Å². The van der Waals surface area contributed by atoms with Gasteiger partial charge < -0.3 is 14.3 Å². The van der Waals surface area contributed by atoms with Crippen LogP contribution < -0.4 is 10.4 Å². The first kappa shape index (κ1) is 13.9. The molecule has 116 valence electrons. The Hall–Kier alpha value is -2.75. The van der Waals surface area contributed by atoms with Crippen molar-refractivity contribution in [1.29, 1.82) is 0 Å². The Morgan fingerprint density at radius 1 is 1.09 bits per heavy atom. The van der Waals surface area contributed by atoms with Crippen LogP contribution in [0.25, 0.3) is 22.1 Å². The van der Waals surface area contributed by atoms with Gasteiger partial charge in [0.2, 0.25) is 0 Å². The summed E-state index contributed by atoms with van der Waals surface area (Å²) in [5.74, 6) is 0.308. The van der Waals surface area contributed by atoms with Crippen molar-refractivity contribution in [3.63, 3.8) is 0 Å². The molecule has 0 fully saturated rings. The van der Waals surface area contributed by atoms with Gasteiger partial charge in [-0.2, -0.15) is 0 Å². The third-order valence-electron chi connectivity index (χ3n) is 4.45. The summed E-state index contributed by atoms with van der Waals surface area (Å²) in [4.78, 5) is 11.9. The van der Waals surface area contributed by atoms with Crippen LogP contribution >= 0.6 is 0 Å². The topological polar surface area (TPSA) is 59.7 Å². The molecule has 1 aliphatic carbocycles. The number of aryl methyl sites for hydroxylation is 2. The molecule has 23 heavy (non-hydrogen) atoms. The van der Waals surface area contributed by atoms with Crippen molar-refractivity contribution in [3.05, 3.63) is 57.9 Å². The molecule has 4 nitrogen and oxygen atoms in total. The smallest absolute Gasteiger partial charge is 0.336 e. The van der Waals surface area contributed by atoms with Crippen molar-refractivity contribution in [2.45, 2.75) is 19.3 Å². The van der Waals surface area contributed by atoms with Crippen LogP contribution in [0.2, 0.25) is 0 Å². The first-order valence-corrected chi connectivity index (χ1v) is 7.63. The van der Waals surface area contributed by atoms with E-state index in [4.69, 9.17) is 9.15 Å². The molecule has 1 N–H and O–H groups in total. The number of hydrogen-bond acceptors (Lipinski definition) is 4. The van der Waals surface area contributed by atoms with E-state index in [-0.39, 0.29) is 5.75 Å². The van der Waals surface area contributed by atoms with Crippen molar-refractivity contribution >= 4 is 11.0 Å². The van der Waals surface area contributed by atoms with Crippen molar-refractivity contribution < 1.29 is 14.3 Å². The van der Waals surface area contributed by atoms with Crippen molar-refractivity contribution in [3.8, 4) is 22.6 Å². The first-order valence-electron chi connectivity index (χ1n) is 7.63. The molecule has 0 saturated carbocycles. The van der Waals surface area contributed by atoms with E-state index in [0.29, 0.717) is 11.3 Å². The van der Waals surface area contributed by atoms with Crippen LogP contribution in [0, 0.1) is 0 Å². The SMILES string of the molecule is COc1cc2c(-c3ccc4c(c3)CCC4)cc(=O)oc2cc1O. The number of hydrogen-bond donors (Lipinski definition) is 1. The minimum atomic E-state index is -0.433. The van der Waals surface area contributed by atoms with Crippen molar-refractivity contribution in [2.24, 2.45) is 0 Å². The standard InChI is InChI=1S/C19H16O4/c1-22-18-8-15-14(9-19(21)23-17(15)10-16(18)20)13-6-5-11-3-2-4-12(11)7-13/h5-10,20H,2-4H2,1H3. The fourth-order valence-corrected chi connectivity index (χ4v) is 3.32. The van der Waals surface area contributed by atoms with E-state index in [2.05, 4.69) is 12.1 Å². The maximum atomic E-state index is 11.9. The van der Waals surface area contributed by atoms with Gasteiger partial charge in [-0.3, -0.25) is 0 Å². The summed E-state index contributed by atoms with van der Waals surface area (Å²) in [6.07, 6.45) is 3.37. The average molecular weight is 308 g/mol. The number of ether oxygens (including phenoxy) is 1. The largest absolute Gasteiger partial charge is 0.504 e. The van der Waals surface area contributed by atoms with Gasteiger partial charge in [-0.05, 0) is 47.6 Å². The fraction of sp³-hybridized carbons (Fsp3) is 0.211. The van der Waals surface area contributed by atoms with Gasteiger partial charge in [0, 0.05) is 17.5 Å². The summed E-state index contributed by atoms with van der Waals surface area (Å²) < 4.78 is 10.4. The molecule has 0 unspecified atom stereocenters. The van der Waals surface area contributed by atoms with Crippen LogP contribution in [0.5, 0.6) is 11.5 Å². The number of phenolic OH excluding ortho intramolecular Hbond substituents is 1. The maximum absolute atomic E-state index is 11.9. The Morgan fingerprint density at radius 2 is 1.91 bits per heavy atom. The molecule has 4 heteroatoms. The minimum absolute atomic E-state index is 0.0470. The molecule has 0 aliphatic heterocycles. The molecule has 3 aromatic rings. The summed E-state index contributed by atoms with van der Waals surface area (Å²) in [6.45, 7) is 0. The average Bonchev–Trinajstić information content (AvgIpc) is 3.01. The highest BCUT2D eigenvalue weighted by molar-refractivity contribution is 5.95. The predicted octanol–water partition coefficient (Wildman–Crippen LogP) is 3.66. The Bertz CT molecular complexity index is 969. The molecular weight excluding hydrogens is 292 g/mol. The van der Waals surface area contributed by atoms with Crippen LogP contribution in [0.15, 0.2) is 45.6 Å². The van der Waals surface area contributed by atoms with Gasteiger partial charge in [0.05, 0.1) is 7.11 Å². The van der Waals surface area contributed by atoms with Gasteiger partial charge in [0.25, 0.3) is 0 Å². The van der Waals surface area contributed by atoms with E-state index in [1.807, 2.05) is 6.07 Å². The van der Waals surface area contributed by atoms with Crippen LogP contribution in [0.1, 0.15) is 17.5 Å². The third-order valence-corrected chi connectivity index (χ3v) is 4.45. The second-order valence-electron chi connectivity index (χ2n) is 5.84. The van der Waals surface area contributed by atoms with Gasteiger partial charge in [0.1, 0.15) is 5.58 Å². The molecular formula is C19H16O4. The summed E-state index contributed by atoms with van der Waals surface area (Å²) >= 11 is 0. The lowest BCUT2D eigenvalue weighted by molar-refractivity contribution is 0.373. The Balaban J connectivity index is 2.00. The zero-order chi connectivity index (χ0) is 16.0. The van der Waals surface area contributed by atoms with Gasteiger partial charge >= 0.3 is 5.63 Å². The Morgan fingerprint density at radius 3 is 2.74 bits per heavy atom. The molecule has 1 aliphatic rings. The second-order valence-corrected chi connectivity index (χ2v) is 5.84. The highest BCUT2D eigenvalue weighted by Gasteiger charge is 2.15. The fourth-order valence-electron chi connectivity index (χ4n) is 3.32. The molecule has 0 saturated heterocycles. The summed E-state index contributed by atoms with van der Waals surface area (Å²) in [6, 6.07) is 10.9. The number of phenols is 1. The van der Waals surface area contributed by atoms with E-state index in [9.17, 15) is 9.90 Å². The van der Waals surface area contributed by atoms with Crippen LogP contribution in [0.3, 0.4) is 0 Å². The zero-order valence-electron chi connectivity index (χ0n) is 12.8. The number of methoxy groups -OCH3 is 1. The summed E-state index contributed by atoms with van der Waals surface area (Å²) in [5, 5.41) is 10.6. The van der Waals surface area contributed by atoms with E-state index in [1.54, 1.807) is 6.07 Å². The Labute approximate surface area is 132 Å². The lowest BCUT2D eigenvalue weighted by Crippen LogP contribution is -1.99. The molecule has 2 aromatic carbocycles. The molecule has 4 rings (SSSR count). The first-order chi connectivity index (χ1) is 11.2. The highest BCUT2D eigenvalue weighted by atomic mass is 16.5. The van der Waals surface area contributed by atoms with Crippen molar-refractivity contribution in [1.82, 2.24) is 0 Å². The zero-order valence-corrected chi connectivity index (χ0v) is 12.8. The maximum Gasteiger partial charge on any atom is 0.336 e. The summed E-state index contributed by atoms with van der Waals surface area (Å²) in [5.41, 5.74) is 4.43.